The smallest absolute Gasteiger partial charge is 0.291 e. The van der Waals surface area contributed by atoms with Gasteiger partial charge < -0.3 is 15.1 Å². The molecule has 0 atom stereocenters. The number of carbonyl (C=O) groups is 2. The molecule has 2 heterocycles. The second kappa shape index (κ2) is 7.40. The maximum atomic E-state index is 12.5. The first-order valence-corrected chi connectivity index (χ1v) is 10.7. The van der Waals surface area contributed by atoms with Crippen LogP contribution in [0.15, 0.2) is 45.9 Å². The van der Waals surface area contributed by atoms with Crippen LogP contribution in [0.2, 0.25) is 0 Å². The minimum absolute atomic E-state index is 0.0220. The Morgan fingerprint density at radius 2 is 1.68 bits per heavy atom. The van der Waals surface area contributed by atoms with Crippen molar-refractivity contribution in [3.05, 3.63) is 42.2 Å². The van der Waals surface area contributed by atoms with E-state index in [2.05, 4.69) is 10.6 Å². The second-order valence-corrected chi connectivity index (χ2v) is 8.90. The quantitative estimate of drug-likeness (QED) is 0.771. The SMILES string of the molecule is O=C(Nc1cccc(NC(=O)C2CC2)c1)c1ccc(S(=O)(=O)N2CCCC2)o1. The highest BCUT2D eigenvalue weighted by Crippen LogP contribution is 2.30. The normalized spacial score (nSPS) is 17.4. The van der Waals surface area contributed by atoms with Crippen LogP contribution in [0.1, 0.15) is 36.2 Å². The van der Waals surface area contributed by atoms with Crippen LogP contribution in [0, 0.1) is 5.92 Å². The summed E-state index contributed by atoms with van der Waals surface area (Å²) in [5, 5.41) is 5.24. The second-order valence-electron chi connectivity index (χ2n) is 7.03. The van der Waals surface area contributed by atoms with Crippen molar-refractivity contribution in [3.8, 4) is 0 Å². The number of hydrogen-bond acceptors (Lipinski definition) is 5. The van der Waals surface area contributed by atoms with Crippen LogP contribution in [0.5, 0.6) is 0 Å². The Kier molecular flexibility index (Phi) is 4.94. The van der Waals surface area contributed by atoms with Crippen LogP contribution in [0.25, 0.3) is 0 Å². The molecule has 1 saturated heterocycles. The predicted molar refractivity (Wildman–Crippen MR) is 102 cm³/mol. The number of carbonyl (C=O) groups excluding carboxylic acids is 2. The van der Waals surface area contributed by atoms with Crippen molar-refractivity contribution in [2.24, 2.45) is 5.92 Å². The molecule has 9 heteroatoms. The van der Waals surface area contributed by atoms with Crippen molar-refractivity contribution in [1.82, 2.24) is 4.31 Å². The molecule has 1 aliphatic heterocycles. The summed E-state index contributed by atoms with van der Waals surface area (Å²) in [5.41, 5.74) is 1.06. The Hall–Kier alpha value is -2.65. The molecule has 0 bridgehead atoms. The number of furan rings is 1. The lowest BCUT2D eigenvalue weighted by Crippen LogP contribution is -2.27. The molecule has 1 aliphatic carbocycles. The lowest BCUT2D eigenvalue weighted by Gasteiger charge is -2.12. The van der Waals surface area contributed by atoms with Gasteiger partial charge in [0.25, 0.3) is 15.9 Å². The summed E-state index contributed by atoms with van der Waals surface area (Å²) in [6, 6.07) is 9.41. The van der Waals surface area contributed by atoms with Gasteiger partial charge in [-0.1, -0.05) is 6.07 Å². The molecule has 0 radical (unpaired) electrons. The van der Waals surface area contributed by atoms with Gasteiger partial charge in [-0.25, -0.2) is 8.42 Å². The van der Waals surface area contributed by atoms with Gasteiger partial charge in [0.05, 0.1) is 0 Å². The Labute approximate surface area is 162 Å². The van der Waals surface area contributed by atoms with Gasteiger partial charge in [0, 0.05) is 30.4 Å². The fraction of sp³-hybridized carbons (Fsp3) is 0.368. The molecule has 148 valence electrons. The Balaban J connectivity index is 1.44. The van der Waals surface area contributed by atoms with Crippen LogP contribution in [-0.4, -0.2) is 37.6 Å². The highest BCUT2D eigenvalue weighted by molar-refractivity contribution is 7.89. The molecule has 2 aromatic rings. The van der Waals surface area contributed by atoms with E-state index in [1.165, 1.54) is 16.4 Å². The van der Waals surface area contributed by atoms with Crippen LogP contribution < -0.4 is 10.6 Å². The van der Waals surface area contributed by atoms with Crippen molar-refractivity contribution in [2.45, 2.75) is 30.8 Å². The van der Waals surface area contributed by atoms with Gasteiger partial charge in [-0.15, -0.1) is 0 Å². The average Bonchev–Trinajstić information content (AvgIpc) is 3.16. The fourth-order valence-electron chi connectivity index (χ4n) is 3.09. The van der Waals surface area contributed by atoms with Crippen molar-refractivity contribution in [1.29, 1.82) is 0 Å². The van der Waals surface area contributed by atoms with E-state index in [1.807, 2.05) is 0 Å². The van der Waals surface area contributed by atoms with E-state index >= 15 is 0 Å². The fourth-order valence-corrected chi connectivity index (χ4v) is 4.52. The van der Waals surface area contributed by atoms with Crippen molar-refractivity contribution < 1.29 is 22.4 Å². The molecule has 8 nitrogen and oxygen atoms in total. The summed E-state index contributed by atoms with van der Waals surface area (Å²) >= 11 is 0. The number of hydrogen-bond donors (Lipinski definition) is 2. The molecule has 0 spiro atoms. The highest BCUT2D eigenvalue weighted by Gasteiger charge is 2.31. The van der Waals surface area contributed by atoms with E-state index in [4.69, 9.17) is 4.42 Å². The van der Waals surface area contributed by atoms with E-state index in [1.54, 1.807) is 24.3 Å². The molecule has 2 aliphatic rings. The lowest BCUT2D eigenvalue weighted by atomic mass is 10.2. The van der Waals surface area contributed by atoms with E-state index in [0.29, 0.717) is 24.5 Å². The molecule has 28 heavy (non-hydrogen) atoms. The molecular weight excluding hydrogens is 382 g/mol. The number of anilines is 2. The molecule has 2 amide bonds. The third-order valence-electron chi connectivity index (χ3n) is 4.80. The third-order valence-corrected chi connectivity index (χ3v) is 6.57. The molecule has 2 fully saturated rings. The van der Waals surface area contributed by atoms with Crippen LogP contribution >= 0.6 is 0 Å². The lowest BCUT2D eigenvalue weighted by molar-refractivity contribution is -0.117. The molecule has 4 rings (SSSR count). The van der Waals surface area contributed by atoms with Gasteiger partial charge in [0.2, 0.25) is 11.0 Å². The van der Waals surface area contributed by atoms with Crippen molar-refractivity contribution >= 4 is 33.2 Å². The first-order valence-electron chi connectivity index (χ1n) is 9.26. The third kappa shape index (κ3) is 3.95. The summed E-state index contributed by atoms with van der Waals surface area (Å²) in [5.74, 6) is -0.595. The van der Waals surface area contributed by atoms with Crippen LogP contribution in [0.3, 0.4) is 0 Å². The van der Waals surface area contributed by atoms with Gasteiger partial charge in [0.15, 0.2) is 5.76 Å². The summed E-state index contributed by atoms with van der Waals surface area (Å²) in [7, 11) is -3.71. The zero-order chi connectivity index (χ0) is 19.7. The first kappa shape index (κ1) is 18.7. The molecule has 1 saturated carbocycles. The van der Waals surface area contributed by atoms with E-state index < -0.39 is 15.9 Å². The topological polar surface area (TPSA) is 109 Å². The number of benzene rings is 1. The van der Waals surface area contributed by atoms with Gasteiger partial charge in [-0.05, 0) is 56.0 Å². The molecule has 2 N–H and O–H groups in total. The largest absolute Gasteiger partial charge is 0.438 e. The first-order chi connectivity index (χ1) is 13.4. The van der Waals surface area contributed by atoms with E-state index in [-0.39, 0.29) is 22.7 Å². The number of nitrogens with zero attached hydrogens (tertiary/aromatic N) is 1. The van der Waals surface area contributed by atoms with Gasteiger partial charge in [-0.2, -0.15) is 4.31 Å². The molecule has 0 unspecified atom stereocenters. The van der Waals surface area contributed by atoms with Crippen LogP contribution in [-0.2, 0) is 14.8 Å². The zero-order valence-electron chi connectivity index (χ0n) is 15.2. The summed E-state index contributed by atoms with van der Waals surface area (Å²) in [6.45, 7) is 0.924. The molecule has 1 aromatic carbocycles. The minimum Gasteiger partial charge on any atom is -0.438 e. The number of nitrogens with one attached hydrogen (secondary N) is 2. The standard InChI is InChI=1S/C19H21N3O5S/c23-18(13-6-7-13)20-14-4-3-5-15(12-14)21-19(24)16-8-9-17(27-16)28(25,26)22-10-1-2-11-22/h3-5,8-9,12-13H,1-2,6-7,10-11H2,(H,20,23)(H,21,24). The minimum atomic E-state index is -3.71. The monoisotopic (exact) mass is 403 g/mol. The number of sulfonamides is 1. The predicted octanol–water partition coefficient (Wildman–Crippen LogP) is 2.66. The maximum Gasteiger partial charge on any atom is 0.291 e. The van der Waals surface area contributed by atoms with Gasteiger partial charge in [-0.3, -0.25) is 9.59 Å². The van der Waals surface area contributed by atoms with Gasteiger partial charge >= 0.3 is 0 Å². The Morgan fingerprint density at radius 3 is 2.36 bits per heavy atom. The summed E-state index contributed by atoms with van der Waals surface area (Å²) in [4.78, 5) is 24.3. The molecule has 1 aromatic heterocycles. The number of rotatable bonds is 6. The number of amides is 2. The summed E-state index contributed by atoms with van der Waals surface area (Å²) < 4.78 is 31.7. The van der Waals surface area contributed by atoms with E-state index in [9.17, 15) is 18.0 Å². The highest BCUT2D eigenvalue weighted by atomic mass is 32.2. The van der Waals surface area contributed by atoms with Crippen LogP contribution in [0.4, 0.5) is 11.4 Å². The molecular formula is C19H21N3O5S. The van der Waals surface area contributed by atoms with Gasteiger partial charge in [0.1, 0.15) is 0 Å². The average molecular weight is 403 g/mol. The zero-order valence-corrected chi connectivity index (χ0v) is 16.0. The van der Waals surface area contributed by atoms with Crippen molar-refractivity contribution in [3.63, 3.8) is 0 Å². The Bertz CT molecular complexity index is 1000. The van der Waals surface area contributed by atoms with E-state index in [0.717, 1.165) is 25.7 Å². The van der Waals surface area contributed by atoms with Crippen molar-refractivity contribution in [2.75, 3.05) is 23.7 Å². The summed E-state index contributed by atoms with van der Waals surface area (Å²) in [6.07, 6.45) is 3.45. The Morgan fingerprint density at radius 1 is 1.00 bits per heavy atom. The maximum absolute atomic E-state index is 12.5.